The van der Waals surface area contributed by atoms with E-state index in [-0.39, 0.29) is 41.7 Å². The van der Waals surface area contributed by atoms with Gasteiger partial charge in [-0.25, -0.2) is 0 Å². The first-order valence-corrected chi connectivity index (χ1v) is 12.7. The van der Waals surface area contributed by atoms with Gasteiger partial charge in [-0.1, -0.05) is 26.0 Å². The molecule has 7 unspecified atom stereocenters. The van der Waals surface area contributed by atoms with E-state index in [9.17, 15) is 19.8 Å². The number of aliphatic hydroxyl groups is 1. The molecule has 4 N–H and O–H groups in total. The number of rotatable bonds is 5. The third-order valence-electron chi connectivity index (χ3n) is 10.2. The zero-order chi connectivity index (χ0) is 25.1. The molecule has 188 valence electrons. The Kier molecular flexibility index (Phi) is 6.17. The second-order valence-corrected chi connectivity index (χ2v) is 12.3. The molecule has 0 amide bonds. The van der Waals surface area contributed by atoms with Crippen LogP contribution in [0.4, 0.5) is 5.69 Å². The molecular weight excluding hydrogens is 430 g/mol. The number of hydrogen-bond donors (Lipinski definition) is 3. The highest BCUT2D eigenvalue weighted by atomic mass is 16.5. The maximum Gasteiger partial charge on any atom is 0.310 e. The van der Waals surface area contributed by atoms with Crippen LogP contribution in [0.3, 0.4) is 0 Å². The maximum atomic E-state index is 13.2. The Balaban J connectivity index is 1.64. The van der Waals surface area contributed by atoms with Crippen molar-refractivity contribution in [2.45, 2.75) is 97.4 Å². The van der Waals surface area contributed by atoms with Crippen molar-refractivity contribution in [3.8, 4) is 0 Å². The van der Waals surface area contributed by atoms with E-state index in [0.29, 0.717) is 17.7 Å². The highest BCUT2D eigenvalue weighted by Crippen LogP contribution is 2.69. The number of nitrogens with two attached hydrogens (primary N) is 1. The molecule has 7 atom stereocenters. The lowest BCUT2D eigenvalue weighted by Gasteiger charge is -2.66. The number of carboxylic acid groups (broad SMARTS) is 1. The van der Waals surface area contributed by atoms with Crippen molar-refractivity contribution in [3.63, 3.8) is 0 Å². The van der Waals surface area contributed by atoms with E-state index in [1.165, 1.54) is 0 Å². The number of carbonyl (C=O) groups is 2. The van der Waals surface area contributed by atoms with Crippen molar-refractivity contribution in [2.24, 2.45) is 28.1 Å². The molecular formula is C28H41NO5. The van der Waals surface area contributed by atoms with Gasteiger partial charge in [0.1, 0.15) is 0 Å². The molecule has 0 aromatic heterocycles. The number of carboxylic acids is 1. The molecule has 2 saturated carbocycles. The number of carbonyl (C=O) groups excluding carboxylic acids is 1. The van der Waals surface area contributed by atoms with E-state index in [1.54, 1.807) is 38.1 Å². The van der Waals surface area contributed by atoms with Crippen LogP contribution >= 0.6 is 0 Å². The molecule has 6 heteroatoms. The van der Waals surface area contributed by atoms with Gasteiger partial charge in [0.25, 0.3) is 0 Å². The van der Waals surface area contributed by atoms with Crippen LogP contribution in [0.2, 0.25) is 0 Å². The Labute approximate surface area is 203 Å². The van der Waals surface area contributed by atoms with Crippen LogP contribution in [-0.2, 0) is 9.53 Å². The number of ketones is 1. The summed E-state index contributed by atoms with van der Waals surface area (Å²) in [6.45, 7) is 9.88. The zero-order valence-electron chi connectivity index (χ0n) is 21.3. The summed E-state index contributed by atoms with van der Waals surface area (Å²) in [6, 6.07) is 7.04. The summed E-state index contributed by atoms with van der Waals surface area (Å²) in [5.74, 6) is -0.971. The number of para-hydroxylation sites is 1. The molecule has 1 aromatic rings. The minimum atomic E-state index is -1.03. The molecule has 1 saturated heterocycles. The van der Waals surface area contributed by atoms with Crippen LogP contribution in [0.15, 0.2) is 24.3 Å². The zero-order valence-corrected chi connectivity index (χ0v) is 21.3. The highest BCUT2D eigenvalue weighted by molar-refractivity contribution is 6.01. The summed E-state index contributed by atoms with van der Waals surface area (Å²) in [6.07, 6.45) is 4.75. The number of benzene rings is 1. The maximum absolute atomic E-state index is 13.2. The summed E-state index contributed by atoms with van der Waals surface area (Å²) >= 11 is 0. The van der Waals surface area contributed by atoms with Crippen molar-refractivity contribution in [3.05, 3.63) is 29.8 Å². The van der Waals surface area contributed by atoms with Crippen LogP contribution in [0.5, 0.6) is 0 Å². The first-order valence-electron chi connectivity index (χ1n) is 12.7. The van der Waals surface area contributed by atoms with Gasteiger partial charge in [-0.3, -0.25) is 9.59 Å². The van der Waals surface area contributed by atoms with Gasteiger partial charge in [0.05, 0.1) is 23.2 Å². The standard InChI is InChI=1S/C28H41NO5/c1-25(2,33)22-12-14-26(3)21-11-10-17(16-20(30)18-8-6-7-9-19(18)29)28(5,24(31)32)27(21,4)15-13-23(26)34-22/h6-9,17,21-23,33H,10-16,29H2,1-5H3,(H,31,32). The monoisotopic (exact) mass is 471 g/mol. The minimum absolute atomic E-state index is 0.0103. The van der Waals surface area contributed by atoms with Crippen molar-refractivity contribution >= 4 is 17.4 Å². The van der Waals surface area contributed by atoms with E-state index in [4.69, 9.17) is 10.5 Å². The first-order chi connectivity index (χ1) is 15.7. The lowest BCUT2D eigenvalue weighted by Crippen LogP contribution is -2.66. The number of Topliss-reactive ketones (excluding diaryl/α,β-unsaturated/α-hetero) is 1. The quantitative estimate of drug-likeness (QED) is 0.408. The fourth-order valence-corrected chi connectivity index (χ4v) is 7.88. The van der Waals surface area contributed by atoms with Crippen molar-refractivity contribution < 1.29 is 24.5 Å². The second-order valence-electron chi connectivity index (χ2n) is 12.3. The summed E-state index contributed by atoms with van der Waals surface area (Å²) in [5, 5.41) is 21.2. The van der Waals surface area contributed by atoms with Crippen molar-refractivity contribution in [1.82, 2.24) is 0 Å². The van der Waals surface area contributed by atoms with E-state index in [1.807, 2.05) is 6.92 Å². The molecule has 1 aliphatic heterocycles. The Morgan fingerprint density at radius 1 is 1.09 bits per heavy atom. The Bertz CT molecular complexity index is 970. The predicted molar refractivity (Wildman–Crippen MR) is 131 cm³/mol. The molecule has 0 spiro atoms. The molecule has 6 nitrogen and oxygen atoms in total. The third kappa shape index (κ3) is 3.69. The molecule has 0 radical (unpaired) electrons. The van der Waals surface area contributed by atoms with E-state index in [0.717, 1.165) is 32.1 Å². The van der Waals surface area contributed by atoms with Gasteiger partial charge in [0.2, 0.25) is 0 Å². The second kappa shape index (κ2) is 8.34. The third-order valence-corrected chi connectivity index (χ3v) is 10.2. The van der Waals surface area contributed by atoms with Gasteiger partial charge in [0.15, 0.2) is 5.78 Å². The number of aliphatic carboxylic acids is 1. The molecule has 4 rings (SSSR count). The van der Waals surface area contributed by atoms with Crippen molar-refractivity contribution in [1.29, 1.82) is 0 Å². The highest BCUT2D eigenvalue weighted by Gasteiger charge is 2.67. The van der Waals surface area contributed by atoms with Crippen LogP contribution in [0.1, 0.15) is 89.9 Å². The molecule has 2 aliphatic carbocycles. The number of ether oxygens (including phenoxy) is 1. The van der Waals surface area contributed by atoms with Crippen LogP contribution in [0.25, 0.3) is 0 Å². The Morgan fingerprint density at radius 2 is 1.76 bits per heavy atom. The molecule has 1 aromatic carbocycles. The SMILES string of the molecule is CC(C)(O)C1CCC2(C)C(CCC3(C)C2CCC(CC(=O)c2ccccc2N)C3(C)C(=O)O)O1. The van der Waals surface area contributed by atoms with Gasteiger partial charge >= 0.3 is 5.97 Å². The first kappa shape index (κ1) is 25.2. The summed E-state index contributed by atoms with van der Waals surface area (Å²) in [7, 11) is 0. The fraction of sp³-hybridized carbons (Fsp3) is 0.714. The summed E-state index contributed by atoms with van der Waals surface area (Å²) < 4.78 is 6.48. The lowest BCUT2D eigenvalue weighted by atomic mass is 9.39. The van der Waals surface area contributed by atoms with E-state index < -0.39 is 22.4 Å². The van der Waals surface area contributed by atoms with Crippen molar-refractivity contribution in [2.75, 3.05) is 5.73 Å². The van der Waals surface area contributed by atoms with E-state index in [2.05, 4.69) is 13.8 Å². The number of nitrogen functional groups attached to an aromatic ring is 1. The molecule has 0 bridgehead atoms. The average molecular weight is 472 g/mol. The van der Waals surface area contributed by atoms with Crippen LogP contribution in [0, 0.1) is 28.1 Å². The minimum Gasteiger partial charge on any atom is -0.481 e. The molecule has 34 heavy (non-hydrogen) atoms. The van der Waals surface area contributed by atoms with Gasteiger partial charge in [0, 0.05) is 17.7 Å². The summed E-state index contributed by atoms with van der Waals surface area (Å²) in [4.78, 5) is 26.2. The van der Waals surface area contributed by atoms with Crippen LogP contribution in [-0.4, -0.2) is 39.8 Å². The van der Waals surface area contributed by atoms with E-state index >= 15 is 0 Å². The van der Waals surface area contributed by atoms with Gasteiger partial charge in [-0.05, 0) is 94.1 Å². The normalized spacial score (nSPS) is 40.2. The number of hydrogen-bond acceptors (Lipinski definition) is 5. The number of fused-ring (bicyclic) bond motifs is 3. The van der Waals surface area contributed by atoms with Crippen LogP contribution < -0.4 is 5.73 Å². The van der Waals surface area contributed by atoms with Gasteiger partial charge in [-0.15, -0.1) is 0 Å². The Morgan fingerprint density at radius 3 is 2.38 bits per heavy atom. The smallest absolute Gasteiger partial charge is 0.310 e. The Hall–Kier alpha value is -1.92. The fourth-order valence-electron chi connectivity index (χ4n) is 7.88. The average Bonchev–Trinajstić information content (AvgIpc) is 2.75. The summed E-state index contributed by atoms with van der Waals surface area (Å²) in [5.41, 5.74) is 4.44. The number of anilines is 1. The lowest BCUT2D eigenvalue weighted by molar-refractivity contribution is -0.257. The largest absolute Gasteiger partial charge is 0.481 e. The topological polar surface area (TPSA) is 110 Å². The molecule has 3 aliphatic rings. The molecule has 3 fully saturated rings. The van der Waals surface area contributed by atoms with Gasteiger partial charge in [-0.2, -0.15) is 0 Å². The van der Waals surface area contributed by atoms with Gasteiger partial charge < -0.3 is 20.7 Å². The molecule has 1 heterocycles. The predicted octanol–water partition coefficient (Wildman–Crippen LogP) is 5.08.